The molecule has 0 bridgehead atoms. The first kappa shape index (κ1) is 12.0. The van der Waals surface area contributed by atoms with Gasteiger partial charge in [0.05, 0.1) is 10.0 Å². The third-order valence-electron chi connectivity index (χ3n) is 1.44. The molecule has 1 aromatic carbocycles. The Hall–Kier alpha value is -0.0600. The molecule has 0 saturated carbocycles. The summed E-state index contributed by atoms with van der Waals surface area (Å²) in [6, 6.07) is 3.26. The Bertz CT molecular complexity index is 387. The molecule has 0 fully saturated rings. The standard InChI is InChI=1S/C10H6Cl4/c11-4-2-1-3-7-5-8(12)6-9(13)10(7)14/h5-6H,2,4H2. The lowest BCUT2D eigenvalue weighted by molar-refractivity contribution is 1.29. The van der Waals surface area contributed by atoms with Crippen molar-refractivity contribution < 1.29 is 0 Å². The van der Waals surface area contributed by atoms with Gasteiger partial charge in [0.15, 0.2) is 0 Å². The molecule has 0 saturated heterocycles. The van der Waals surface area contributed by atoms with Crippen molar-refractivity contribution in [2.45, 2.75) is 6.42 Å². The maximum atomic E-state index is 5.92. The Kier molecular flexibility index (Phi) is 4.92. The minimum absolute atomic E-state index is 0.411. The molecule has 14 heavy (non-hydrogen) atoms. The van der Waals surface area contributed by atoms with Crippen molar-refractivity contribution in [1.29, 1.82) is 0 Å². The zero-order valence-corrected chi connectivity index (χ0v) is 10.1. The maximum absolute atomic E-state index is 5.92. The van der Waals surface area contributed by atoms with E-state index in [1.165, 1.54) is 0 Å². The first-order chi connectivity index (χ1) is 6.65. The highest BCUT2D eigenvalue weighted by molar-refractivity contribution is 6.43. The summed E-state index contributed by atoms with van der Waals surface area (Å²) in [5.41, 5.74) is 0.634. The van der Waals surface area contributed by atoms with Gasteiger partial charge in [0.1, 0.15) is 0 Å². The van der Waals surface area contributed by atoms with Crippen LogP contribution in [0.3, 0.4) is 0 Å². The van der Waals surface area contributed by atoms with Crippen molar-refractivity contribution in [3.05, 3.63) is 32.8 Å². The molecule has 74 valence electrons. The molecule has 0 heterocycles. The zero-order chi connectivity index (χ0) is 10.6. The highest BCUT2D eigenvalue weighted by atomic mass is 35.5. The molecule has 0 aliphatic rings. The van der Waals surface area contributed by atoms with Crippen molar-refractivity contribution in [1.82, 2.24) is 0 Å². The van der Waals surface area contributed by atoms with Crippen LogP contribution in [0, 0.1) is 11.8 Å². The predicted octanol–water partition coefficient (Wildman–Crippen LogP) is 4.63. The molecule has 4 heteroatoms. The number of hydrogen-bond donors (Lipinski definition) is 0. The van der Waals surface area contributed by atoms with Crippen LogP contribution in [0.1, 0.15) is 12.0 Å². The van der Waals surface area contributed by atoms with Crippen molar-refractivity contribution in [3.8, 4) is 11.8 Å². The highest BCUT2D eigenvalue weighted by Gasteiger charge is 2.04. The lowest BCUT2D eigenvalue weighted by Gasteiger charge is -1.99. The van der Waals surface area contributed by atoms with Gasteiger partial charge in [-0.3, -0.25) is 0 Å². The van der Waals surface area contributed by atoms with E-state index in [1.807, 2.05) is 0 Å². The van der Waals surface area contributed by atoms with Crippen LogP contribution in [-0.4, -0.2) is 5.88 Å². The van der Waals surface area contributed by atoms with Crippen molar-refractivity contribution in [3.63, 3.8) is 0 Å². The molecule has 0 N–H and O–H groups in total. The number of hydrogen-bond acceptors (Lipinski definition) is 0. The molecule has 0 radical (unpaired) electrons. The lowest BCUT2D eigenvalue weighted by atomic mass is 10.2. The zero-order valence-electron chi connectivity index (χ0n) is 7.08. The van der Waals surface area contributed by atoms with Gasteiger partial charge >= 0.3 is 0 Å². The van der Waals surface area contributed by atoms with E-state index in [9.17, 15) is 0 Å². The molecule has 0 nitrogen and oxygen atoms in total. The minimum atomic E-state index is 0.411. The summed E-state index contributed by atoms with van der Waals surface area (Å²) in [4.78, 5) is 0. The molecule has 0 amide bonds. The van der Waals surface area contributed by atoms with E-state index in [-0.39, 0.29) is 0 Å². The topological polar surface area (TPSA) is 0 Å². The second-order valence-electron chi connectivity index (χ2n) is 2.49. The van der Waals surface area contributed by atoms with Crippen LogP contribution in [0.5, 0.6) is 0 Å². The van der Waals surface area contributed by atoms with Gasteiger partial charge in [-0.25, -0.2) is 0 Å². The molecule has 0 unspecified atom stereocenters. The van der Waals surface area contributed by atoms with E-state index in [1.54, 1.807) is 12.1 Å². The van der Waals surface area contributed by atoms with E-state index in [4.69, 9.17) is 46.4 Å². The summed E-state index contributed by atoms with van der Waals surface area (Å²) in [5, 5.41) is 1.36. The summed E-state index contributed by atoms with van der Waals surface area (Å²) in [5.74, 6) is 6.22. The predicted molar refractivity (Wildman–Crippen MR) is 63.7 cm³/mol. The number of alkyl halides is 1. The third-order valence-corrected chi connectivity index (χ3v) is 2.64. The Balaban J connectivity index is 3.04. The van der Waals surface area contributed by atoms with Crippen molar-refractivity contribution in [2.75, 3.05) is 5.88 Å². The largest absolute Gasteiger partial charge is 0.126 e. The Morgan fingerprint density at radius 2 is 1.86 bits per heavy atom. The number of benzene rings is 1. The average molecular weight is 268 g/mol. The second-order valence-corrected chi connectivity index (χ2v) is 4.09. The summed E-state index contributed by atoms with van der Waals surface area (Å²) in [7, 11) is 0. The van der Waals surface area contributed by atoms with Crippen LogP contribution in [0.25, 0.3) is 0 Å². The third kappa shape index (κ3) is 3.26. The minimum Gasteiger partial charge on any atom is -0.126 e. The molecular formula is C10H6Cl4. The maximum Gasteiger partial charge on any atom is 0.0749 e. The summed E-state index contributed by atoms with van der Waals surface area (Å²) >= 11 is 23.0. The van der Waals surface area contributed by atoms with Gasteiger partial charge in [-0.1, -0.05) is 46.6 Å². The number of rotatable bonds is 1. The second kappa shape index (κ2) is 5.73. The normalized spacial score (nSPS) is 9.43. The van der Waals surface area contributed by atoms with Gasteiger partial charge in [0.2, 0.25) is 0 Å². The molecule has 0 aliphatic heterocycles. The van der Waals surface area contributed by atoms with E-state index in [2.05, 4.69) is 11.8 Å². The highest BCUT2D eigenvalue weighted by Crippen LogP contribution is 2.29. The molecule has 0 atom stereocenters. The number of halogens is 4. The molecule has 1 aromatic rings. The Labute approximate surface area is 103 Å². The first-order valence-corrected chi connectivity index (χ1v) is 5.51. The molecular weight excluding hydrogens is 262 g/mol. The average Bonchev–Trinajstić information content (AvgIpc) is 2.13. The fourth-order valence-corrected chi connectivity index (χ4v) is 1.60. The fourth-order valence-electron chi connectivity index (χ4n) is 0.852. The molecule has 1 rings (SSSR count). The van der Waals surface area contributed by atoms with Crippen LogP contribution in [-0.2, 0) is 0 Å². The van der Waals surface area contributed by atoms with E-state index < -0.39 is 0 Å². The van der Waals surface area contributed by atoms with Crippen LogP contribution in [0.2, 0.25) is 15.1 Å². The summed E-state index contributed by atoms with van der Waals surface area (Å²) < 4.78 is 0. The first-order valence-electron chi connectivity index (χ1n) is 3.84. The van der Waals surface area contributed by atoms with Gasteiger partial charge in [0.25, 0.3) is 0 Å². The summed E-state index contributed by atoms with van der Waals surface area (Å²) in [6.07, 6.45) is 0.613. The SMILES string of the molecule is ClCCC#Cc1cc(Cl)cc(Cl)c1Cl. The van der Waals surface area contributed by atoms with Crippen LogP contribution in [0.15, 0.2) is 12.1 Å². The lowest BCUT2D eigenvalue weighted by Crippen LogP contribution is -1.80. The van der Waals surface area contributed by atoms with Crippen molar-refractivity contribution >= 4 is 46.4 Å². The Morgan fingerprint density at radius 1 is 1.14 bits per heavy atom. The molecule has 0 aromatic heterocycles. The van der Waals surface area contributed by atoms with E-state index in [0.29, 0.717) is 32.9 Å². The van der Waals surface area contributed by atoms with Crippen LogP contribution >= 0.6 is 46.4 Å². The summed E-state index contributed by atoms with van der Waals surface area (Å²) in [6.45, 7) is 0. The van der Waals surface area contributed by atoms with Crippen LogP contribution in [0.4, 0.5) is 0 Å². The molecule has 0 aliphatic carbocycles. The Morgan fingerprint density at radius 3 is 2.50 bits per heavy atom. The van der Waals surface area contributed by atoms with Gasteiger partial charge in [0, 0.05) is 22.9 Å². The van der Waals surface area contributed by atoms with E-state index in [0.717, 1.165) is 0 Å². The van der Waals surface area contributed by atoms with Gasteiger partial charge in [-0.15, -0.1) is 11.6 Å². The van der Waals surface area contributed by atoms with Gasteiger partial charge in [-0.05, 0) is 12.1 Å². The van der Waals surface area contributed by atoms with Gasteiger partial charge < -0.3 is 0 Å². The van der Waals surface area contributed by atoms with Crippen molar-refractivity contribution in [2.24, 2.45) is 0 Å². The monoisotopic (exact) mass is 266 g/mol. The van der Waals surface area contributed by atoms with E-state index >= 15 is 0 Å². The van der Waals surface area contributed by atoms with Crippen LogP contribution < -0.4 is 0 Å². The quantitative estimate of drug-likeness (QED) is 0.396. The fraction of sp³-hybridized carbons (Fsp3) is 0.200. The van der Waals surface area contributed by atoms with Gasteiger partial charge in [-0.2, -0.15) is 0 Å². The smallest absolute Gasteiger partial charge is 0.0749 e. The molecule has 0 spiro atoms.